The fourth-order valence-corrected chi connectivity index (χ4v) is 1.78. The summed E-state index contributed by atoms with van der Waals surface area (Å²) in [7, 11) is 0. The number of halogens is 1. The minimum absolute atomic E-state index is 0.155. The Morgan fingerprint density at radius 2 is 2.10 bits per heavy atom. The number of benzene rings is 1. The Hall–Kier alpha value is -2.60. The highest BCUT2D eigenvalue weighted by Gasteiger charge is 2.18. The van der Waals surface area contributed by atoms with E-state index in [0.29, 0.717) is 17.1 Å². The third-order valence-corrected chi connectivity index (χ3v) is 2.70. The molecule has 0 unspecified atom stereocenters. The molecule has 2 N–H and O–H groups in total. The van der Waals surface area contributed by atoms with Crippen LogP contribution in [0, 0.1) is 10.1 Å². The second kappa shape index (κ2) is 5.58. The lowest BCUT2D eigenvalue weighted by Crippen LogP contribution is -2.04. The van der Waals surface area contributed by atoms with Crippen molar-refractivity contribution in [3.8, 4) is 11.3 Å². The Morgan fingerprint density at radius 3 is 2.75 bits per heavy atom. The Balaban J connectivity index is 2.42. The molecule has 0 aliphatic rings. The Bertz CT molecular complexity index is 706. The summed E-state index contributed by atoms with van der Waals surface area (Å²) < 4.78 is 5.41. The summed E-state index contributed by atoms with van der Waals surface area (Å²) in [6.07, 6.45) is 2.52. The van der Waals surface area contributed by atoms with E-state index in [2.05, 4.69) is 0 Å². The summed E-state index contributed by atoms with van der Waals surface area (Å²) in [5.41, 5.74) is 5.12. The van der Waals surface area contributed by atoms with Crippen LogP contribution in [0.5, 0.6) is 0 Å². The van der Waals surface area contributed by atoms with Crippen molar-refractivity contribution in [2.24, 2.45) is 5.73 Å². The molecular weight excluding hydrogens is 284 g/mol. The molecule has 0 bridgehead atoms. The van der Waals surface area contributed by atoms with Crippen LogP contribution in [0.1, 0.15) is 5.76 Å². The lowest BCUT2D eigenvalue weighted by atomic mass is 10.1. The van der Waals surface area contributed by atoms with Gasteiger partial charge in [0.2, 0.25) is 5.91 Å². The van der Waals surface area contributed by atoms with Crippen molar-refractivity contribution in [1.29, 1.82) is 0 Å². The minimum Gasteiger partial charge on any atom is -0.456 e. The fraction of sp³-hybridized carbons (Fsp3) is 0. The number of hydrogen-bond donors (Lipinski definition) is 1. The summed E-state index contributed by atoms with van der Waals surface area (Å²) in [6, 6.07) is 7.43. The van der Waals surface area contributed by atoms with Crippen molar-refractivity contribution >= 4 is 29.3 Å². The molecule has 20 heavy (non-hydrogen) atoms. The first-order valence-corrected chi connectivity index (χ1v) is 5.87. The maximum atomic E-state index is 11.0. The van der Waals surface area contributed by atoms with E-state index in [1.54, 1.807) is 12.1 Å². The van der Waals surface area contributed by atoms with E-state index >= 15 is 0 Å². The van der Waals surface area contributed by atoms with E-state index in [4.69, 9.17) is 21.8 Å². The number of nitrogens with two attached hydrogens (primary N) is 1. The minimum atomic E-state index is -0.611. The van der Waals surface area contributed by atoms with Gasteiger partial charge in [0, 0.05) is 17.2 Å². The first-order chi connectivity index (χ1) is 9.47. The summed E-state index contributed by atoms with van der Waals surface area (Å²) in [5, 5.41) is 11.3. The molecule has 2 aromatic rings. The molecule has 2 rings (SSSR count). The Labute approximate surface area is 118 Å². The maximum absolute atomic E-state index is 11.0. The highest BCUT2D eigenvalue weighted by atomic mass is 35.5. The summed E-state index contributed by atoms with van der Waals surface area (Å²) in [4.78, 5) is 21.1. The van der Waals surface area contributed by atoms with Gasteiger partial charge in [-0.05, 0) is 30.3 Å². The van der Waals surface area contributed by atoms with Crippen molar-refractivity contribution in [1.82, 2.24) is 0 Å². The molecule has 0 atom stereocenters. The Kier molecular flexibility index (Phi) is 3.86. The first kappa shape index (κ1) is 13.8. The van der Waals surface area contributed by atoms with E-state index in [-0.39, 0.29) is 10.7 Å². The molecule has 0 fully saturated rings. The smallest absolute Gasteiger partial charge is 0.281 e. The van der Waals surface area contributed by atoms with Crippen LogP contribution in [0.25, 0.3) is 17.4 Å². The summed E-state index contributed by atoms with van der Waals surface area (Å²) >= 11 is 5.74. The quantitative estimate of drug-likeness (QED) is 0.532. The molecule has 7 heteroatoms. The number of hydrogen-bond acceptors (Lipinski definition) is 4. The van der Waals surface area contributed by atoms with Crippen LogP contribution in [0.15, 0.2) is 40.8 Å². The standard InChI is InChI=1S/C13H9ClN2O4/c14-8-1-4-10(11(7-8)16(18)19)12-5-2-9(20-12)3-6-13(15)17/h1-7H,(H2,15,17)/b6-3+. The van der Waals surface area contributed by atoms with Gasteiger partial charge in [-0.15, -0.1) is 0 Å². The van der Waals surface area contributed by atoms with Gasteiger partial charge in [0.15, 0.2) is 0 Å². The zero-order valence-electron chi connectivity index (χ0n) is 10.1. The van der Waals surface area contributed by atoms with Crippen molar-refractivity contribution in [2.45, 2.75) is 0 Å². The van der Waals surface area contributed by atoms with Crippen molar-refractivity contribution in [3.63, 3.8) is 0 Å². The lowest BCUT2D eigenvalue weighted by Gasteiger charge is -2.00. The molecule has 0 aliphatic carbocycles. The number of nitrogens with zero attached hydrogens (tertiary/aromatic N) is 1. The van der Waals surface area contributed by atoms with Gasteiger partial charge in [0.25, 0.3) is 5.69 Å². The molecule has 102 valence electrons. The molecule has 1 heterocycles. The summed E-state index contributed by atoms with van der Waals surface area (Å²) in [6.45, 7) is 0. The van der Waals surface area contributed by atoms with Gasteiger partial charge in [0.05, 0.1) is 10.5 Å². The van der Waals surface area contributed by atoms with Crippen molar-refractivity contribution in [2.75, 3.05) is 0 Å². The van der Waals surface area contributed by atoms with Gasteiger partial charge in [-0.1, -0.05) is 11.6 Å². The number of nitro groups is 1. The third-order valence-electron chi connectivity index (χ3n) is 2.46. The topological polar surface area (TPSA) is 99.4 Å². The van der Waals surface area contributed by atoms with Crippen LogP contribution < -0.4 is 5.73 Å². The third kappa shape index (κ3) is 3.04. The maximum Gasteiger partial charge on any atom is 0.281 e. The molecule has 0 radical (unpaired) electrons. The fourth-order valence-electron chi connectivity index (χ4n) is 1.62. The molecule has 0 saturated carbocycles. The molecule has 0 aliphatic heterocycles. The largest absolute Gasteiger partial charge is 0.456 e. The average Bonchev–Trinajstić information content (AvgIpc) is 2.84. The van der Waals surface area contributed by atoms with Gasteiger partial charge < -0.3 is 10.2 Å². The van der Waals surface area contributed by atoms with Gasteiger partial charge in [-0.3, -0.25) is 14.9 Å². The zero-order chi connectivity index (χ0) is 14.7. The molecule has 1 aromatic carbocycles. The normalized spacial score (nSPS) is 10.8. The SMILES string of the molecule is NC(=O)/C=C/c1ccc(-c2ccc(Cl)cc2[N+](=O)[O-])o1. The molecular formula is C13H9ClN2O4. The van der Waals surface area contributed by atoms with Gasteiger partial charge in [0.1, 0.15) is 11.5 Å². The second-order valence-electron chi connectivity index (χ2n) is 3.86. The van der Waals surface area contributed by atoms with Crippen LogP contribution in [0.4, 0.5) is 5.69 Å². The van der Waals surface area contributed by atoms with Crippen LogP contribution >= 0.6 is 11.6 Å². The van der Waals surface area contributed by atoms with Crippen LogP contribution in [-0.2, 0) is 4.79 Å². The second-order valence-corrected chi connectivity index (χ2v) is 4.29. The molecule has 0 saturated heterocycles. The predicted molar refractivity (Wildman–Crippen MR) is 74.0 cm³/mol. The number of nitro benzene ring substituents is 1. The highest BCUT2D eigenvalue weighted by molar-refractivity contribution is 6.30. The van der Waals surface area contributed by atoms with Crippen LogP contribution in [0.3, 0.4) is 0 Å². The average molecular weight is 293 g/mol. The molecule has 1 aromatic heterocycles. The van der Waals surface area contributed by atoms with E-state index in [1.807, 2.05) is 0 Å². The highest BCUT2D eigenvalue weighted by Crippen LogP contribution is 2.33. The number of furan rings is 1. The van der Waals surface area contributed by atoms with E-state index < -0.39 is 10.8 Å². The number of carbonyl (C=O) groups is 1. The van der Waals surface area contributed by atoms with Gasteiger partial charge in [-0.2, -0.15) is 0 Å². The van der Waals surface area contributed by atoms with Gasteiger partial charge >= 0.3 is 0 Å². The summed E-state index contributed by atoms with van der Waals surface area (Å²) in [5.74, 6) is 0.0564. The number of amides is 1. The van der Waals surface area contributed by atoms with Crippen molar-refractivity contribution < 1.29 is 14.1 Å². The number of carbonyl (C=O) groups excluding carboxylic acids is 1. The molecule has 6 nitrogen and oxygen atoms in total. The molecule has 1 amide bonds. The van der Waals surface area contributed by atoms with E-state index in [9.17, 15) is 14.9 Å². The first-order valence-electron chi connectivity index (χ1n) is 5.49. The lowest BCUT2D eigenvalue weighted by molar-refractivity contribution is -0.384. The number of primary amides is 1. The van der Waals surface area contributed by atoms with E-state index in [0.717, 1.165) is 6.08 Å². The van der Waals surface area contributed by atoms with Crippen LogP contribution in [0.2, 0.25) is 5.02 Å². The zero-order valence-corrected chi connectivity index (χ0v) is 10.8. The van der Waals surface area contributed by atoms with Gasteiger partial charge in [-0.25, -0.2) is 0 Å². The van der Waals surface area contributed by atoms with E-state index in [1.165, 1.54) is 24.3 Å². The number of rotatable bonds is 4. The molecule has 0 spiro atoms. The predicted octanol–water partition coefficient (Wildman–Crippen LogP) is 3.01. The monoisotopic (exact) mass is 292 g/mol. The Morgan fingerprint density at radius 1 is 1.35 bits per heavy atom. The van der Waals surface area contributed by atoms with Crippen LogP contribution in [-0.4, -0.2) is 10.8 Å². The van der Waals surface area contributed by atoms with Crippen molar-refractivity contribution in [3.05, 3.63) is 57.3 Å².